The van der Waals surface area contributed by atoms with Gasteiger partial charge in [0.05, 0.1) is 16.8 Å². The maximum absolute atomic E-state index is 13.1. The van der Waals surface area contributed by atoms with Gasteiger partial charge in [-0.3, -0.25) is 9.78 Å². The first-order valence-corrected chi connectivity index (χ1v) is 9.27. The summed E-state index contributed by atoms with van der Waals surface area (Å²) in [5.41, 5.74) is 2.83. The second kappa shape index (κ2) is 8.35. The quantitative estimate of drug-likeness (QED) is 0.640. The molecule has 0 aliphatic rings. The van der Waals surface area contributed by atoms with Crippen LogP contribution in [0.3, 0.4) is 0 Å². The van der Waals surface area contributed by atoms with Crippen LogP contribution in [0.4, 0.5) is 10.1 Å². The fraction of sp³-hybridized carbons (Fsp3) is 0.238. The van der Waals surface area contributed by atoms with E-state index in [9.17, 15) is 9.18 Å². The average Bonchev–Trinajstić information content (AvgIpc) is 2.68. The van der Waals surface area contributed by atoms with Gasteiger partial charge in [0.2, 0.25) is 0 Å². The number of anilines is 1. The van der Waals surface area contributed by atoms with Crippen LogP contribution in [-0.4, -0.2) is 28.9 Å². The minimum atomic E-state index is -0.280. The molecule has 0 saturated heterocycles. The van der Waals surface area contributed by atoms with Crippen LogP contribution in [-0.2, 0) is 6.54 Å². The van der Waals surface area contributed by atoms with Crippen molar-refractivity contribution in [3.8, 4) is 0 Å². The summed E-state index contributed by atoms with van der Waals surface area (Å²) < 4.78 is 13.1. The van der Waals surface area contributed by atoms with Gasteiger partial charge in [0.1, 0.15) is 5.82 Å². The number of amides is 1. The lowest BCUT2D eigenvalue weighted by molar-refractivity contribution is 0.0773. The van der Waals surface area contributed by atoms with Crippen molar-refractivity contribution in [1.82, 2.24) is 9.88 Å². The molecule has 1 aromatic heterocycles. The molecule has 0 bridgehead atoms. The Morgan fingerprint density at radius 2 is 1.85 bits per heavy atom. The van der Waals surface area contributed by atoms with E-state index in [0.29, 0.717) is 35.9 Å². The molecule has 0 aliphatic heterocycles. The zero-order valence-corrected chi connectivity index (χ0v) is 16.1. The number of aromatic nitrogens is 1. The summed E-state index contributed by atoms with van der Waals surface area (Å²) in [7, 11) is 0. The topological polar surface area (TPSA) is 45.2 Å². The molecule has 27 heavy (non-hydrogen) atoms. The Labute approximate surface area is 163 Å². The number of hydrogen-bond donors (Lipinski definition) is 1. The minimum Gasteiger partial charge on any atom is -0.380 e. The van der Waals surface area contributed by atoms with Gasteiger partial charge in [-0.05, 0) is 49.7 Å². The molecule has 3 rings (SSSR count). The van der Waals surface area contributed by atoms with Gasteiger partial charge in [-0.1, -0.05) is 23.7 Å². The van der Waals surface area contributed by atoms with Crippen LogP contribution in [0.1, 0.15) is 29.8 Å². The molecule has 0 fully saturated rings. The maximum atomic E-state index is 13.1. The van der Waals surface area contributed by atoms with Crippen LogP contribution < -0.4 is 5.32 Å². The number of halogens is 2. The first kappa shape index (κ1) is 19.1. The molecule has 3 aromatic rings. The molecule has 0 aliphatic carbocycles. The minimum absolute atomic E-state index is 0.0871. The van der Waals surface area contributed by atoms with Crippen LogP contribution in [0.5, 0.6) is 0 Å². The van der Waals surface area contributed by atoms with E-state index in [0.717, 1.165) is 16.5 Å². The van der Waals surface area contributed by atoms with Crippen LogP contribution >= 0.6 is 11.6 Å². The summed E-state index contributed by atoms with van der Waals surface area (Å²) in [4.78, 5) is 19.1. The fourth-order valence-electron chi connectivity index (χ4n) is 2.99. The molecule has 0 atom stereocenters. The molecular weight excluding hydrogens is 365 g/mol. The predicted molar refractivity (Wildman–Crippen MR) is 108 cm³/mol. The zero-order chi connectivity index (χ0) is 19.4. The Morgan fingerprint density at radius 1 is 1.15 bits per heavy atom. The molecule has 1 amide bonds. The van der Waals surface area contributed by atoms with Crippen LogP contribution in [0.15, 0.2) is 48.7 Å². The first-order chi connectivity index (χ1) is 13.0. The molecule has 0 unspecified atom stereocenters. The summed E-state index contributed by atoms with van der Waals surface area (Å²) in [6, 6.07) is 11.7. The fourth-order valence-corrected chi connectivity index (χ4v) is 3.16. The highest BCUT2D eigenvalue weighted by molar-refractivity contribution is 6.31. The summed E-state index contributed by atoms with van der Waals surface area (Å²) in [6.45, 7) is 5.56. The van der Waals surface area contributed by atoms with Gasteiger partial charge < -0.3 is 10.2 Å². The molecular formula is C21H21ClFN3O. The normalized spacial score (nSPS) is 10.8. The molecule has 0 spiro atoms. The van der Waals surface area contributed by atoms with Gasteiger partial charge >= 0.3 is 0 Å². The van der Waals surface area contributed by atoms with Crippen molar-refractivity contribution in [3.05, 3.63) is 70.6 Å². The maximum Gasteiger partial charge on any atom is 0.257 e. The van der Waals surface area contributed by atoms with Crippen molar-refractivity contribution in [1.29, 1.82) is 0 Å². The Balaban J connectivity index is 2.04. The van der Waals surface area contributed by atoms with E-state index in [1.54, 1.807) is 35.4 Å². The highest BCUT2D eigenvalue weighted by atomic mass is 35.5. The highest BCUT2D eigenvalue weighted by Gasteiger charge is 2.19. The molecule has 6 heteroatoms. The van der Waals surface area contributed by atoms with Gasteiger partial charge in [0, 0.05) is 36.2 Å². The van der Waals surface area contributed by atoms with Crippen molar-refractivity contribution < 1.29 is 9.18 Å². The zero-order valence-electron chi connectivity index (χ0n) is 15.3. The van der Waals surface area contributed by atoms with Crippen molar-refractivity contribution in [3.63, 3.8) is 0 Å². The van der Waals surface area contributed by atoms with Gasteiger partial charge in [0.25, 0.3) is 5.91 Å². The van der Waals surface area contributed by atoms with Gasteiger partial charge in [0.15, 0.2) is 0 Å². The second-order valence-electron chi connectivity index (χ2n) is 6.17. The largest absolute Gasteiger partial charge is 0.380 e. The van der Waals surface area contributed by atoms with Gasteiger partial charge in [-0.2, -0.15) is 0 Å². The van der Waals surface area contributed by atoms with E-state index < -0.39 is 0 Å². The summed E-state index contributed by atoms with van der Waals surface area (Å²) in [5, 5.41) is 4.69. The van der Waals surface area contributed by atoms with E-state index >= 15 is 0 Å². The molecule has 4 nitrogen and oxygen atoms in total. The number of hydrogen-bond acceptors (Lipinski definition) is 3. The molecule has 1 N–H and O–H groups in total. The third kappa shape index (κ3) is 4.19. The smallest absolute Gasteiger partial charge is 0.257 e. The van der Waals surface area contributed by atoms with E-state index in [4.69, 9.17) is 11.6 Å². The summed E-state index contributed by atoms with van der Waals surface area (Å²) >= 11 is 6.18. The Morgan fingerprint density at radius 3 is 2.52 bits per heavy atom. The number of rotatable bonds is 6. The number of nitrogens with zero attached hydrogens (tertiary/aromatic N) is 2. The summed E-state index contributed by atoms with van der Waals surface area (Å²) in [5.74, 6) is -0.367. The lowest BCUT2D eigenvalue weighted by Crippen LogP contribution is -2.31. The van der Waals surface area contributed by atoms with E-state index in [1.165, 1.54) is 12.1 Å². The molecule has 1 heterocycles. The number of carbonyl (C=O) groups is 1. The number of nitrogens with one attached hydrogen (secondary N) is 1. The standard InChI is InChI=1S/C21H21ClFN3O/c1-3-26(4-2)21(27)18-13-24-19-10-7-15(22)11-17(19)20(18)25-12-14-5-8-16(23)9-6-14/h5-11,13H,3-4,12H2,1-2H3,(H,24,25). The molecule has 0 saturated carbocycles. The summed E-state index contributed by atoms with van der Waals surface area (Å²) in [6.07, 6.45) is 1.60. The third-order valence-electron chi connectivity index (χ3n) is 4.49. The Hall–Kier alpha value is -2.66. The molecule has 2 aromatic carbocycles. The SMILES string of the molecule is CCN(CC)C(=O)c1cnc2ccc(Cl)cc2c1NCc1ccc(F)cc1. The highest BCUT2D eigenvalue weighted by Crippen LogP contribution is 2.30. The molecule has 0 radical (unpaired) electrons. The molecule has 140 valence electrons. The second-order valence-corrected chi connectivity index (χ2v) is 6.60. The first-order valence-electron chi connectivity index (χ1n) is 8.89. The van der Waals surface area contributed by atoms with Gasteiger partial charge in [-0.25, -0.2) is 4.39 Å². The monoisotopic (exact) mass is 385 g/mol. The third-order valence-corrected chi connectivity index (χ3v) is 4.73. The number of carbonyl (C=O) groups excluding carboxylic acids is 1. The van der Waals surface area contributed by atoms with E-state index in [1.807, 2.05) is 19.9 Å². The number of pyridine rings is 1. The van der Waals surface area contributed by atoms with Gasteiger partial charge in [-0.15, -0.1) is 0 Å². The van der Waals surface area contributed by atoms with E-state index in [2.05, 4.69) is 10.3 Å². The van der Waals surface area contributed by atoms with Crippen molar-refractivity contribution >= 4 is 34.1 Å². The average molecular weight is 386 g/mol. The Kier molecular flexibility index (Phi) is 5.91. The Bertz CT molecular complexity index is 956. The van der Waals surface area contributed by atoms with Crippen LogP contribution in [0.25, 0.3) is 10.9 Å². The van der Waals surface area contributed by atoms with Crippen LogP contribution in [0.2, 0.25) is 5.02 Å². The predicted octanol–water partition coefficient (Wildman–Crippen LogP) is 5.12. The number of fused-ring (bicyclic) bond motifs is 1. The van der Waals surface area contributed by atoms with Crippen molar-refractivity contribution in [2.45, 2.75) is 20.4 Å². The van der Waals surface area contributed by atoms with Crippen molar-refractivity contribution in [2.24, 2.45) is 0 Å². The lowest BCUT2D eigenvalue weighted by Gasteiger charge is -2.21. The van der Waals surface area contributed by atoms with Crippen LogP contribution in [0, 0.1) is 5.82 Å². The number of benzene rings is 2. The van der Waals surface area contributed by atoms with E-state index in [-0.39, 0.29) is 11.7 Å². The lowest BCUT2D eigenvalue weighted by atomic mass is 10.1. The van der Waals surface area contributed by atoms with Crippen molar-refractivity contribution in [2.75, 3.05) is 18.4 Å².